The third-order valence-electron chi connectivity index (χ3n) is 3.14. The first-order valence-corrected chi connectivity index (χ1v) is 9.43. The van der Waals surface area contributed by atoms with Crippen molar-refractivity contribution in [3.8, 4) is 11.5 Å². The van der Waals surface area contributed by atoms with E-state index in [1.165, 1.54) is 23.1 Å². The summed E-state index contributed by atoms with van der Waals surface area (Å²) in [5, 5.41) is 4.61. The molecule has 2 aromatic rings. The van der Waals surface area contributed by atoms with Crippen LogP contribution in [0.5, 0.6) is 11.5 Å². The van der Waals surface area contributed by atoms with Crippen molar-refractivity contribution < 1.29 is 23.8 Å². The quantitative estimate of drug-likeness (QED) is 0.584. The lowest BCUT2D eigenvalue weighted by molar-refractivity contribution is -0.142. The number of thioether (sulfide) groups is 1. The number of hydrogen-bond acceptors (Lipinski definition) is 8. The number of amides is 1. The van der Waals surface area contributed by atoms with Gasteiger partial charge in [0.25, 0.3) is 0 Å². The molecule has 7 nitrogen and oxygen atoms in total. The van der Waals surface area contributed by atoms with Crippen molar-refractivity contribution in [1.82, 2.24) is 4.98 Å². The molecule has 3 rings (SSSR count). The van der Waals surface area contributed by atoms with E-state index >= 15 is 0 Å². The highest BCUT2D eigenvalue weighted by Crippen LogP contribution is 2.34. The van der Waals surface area contributed by atoms with Crippen LogP contribution in [0.2, 0.25) is 0 Å². The number of ether oxygens (including phenoxy) is 3. The molecule has 1 amide bonds. The Bertz CT molecular complexity index is 778. The molecule has 132 valence electrons. The molecule has 0 radical (unpaired) electrons. The predicted molar refractivity (Wildman–Crippen MR) is 94.4 cm³/mol. The summed E-state index contributed by atoms with van der Waals surface area (Å²) in [6, 6.07) is 5.25. The average molecular weight is 380 g/mol. The largest absolute Gasteiger partial charge is 0.466 e. The second-order valence-electron chi connectivity index (χ2n) is 4.99. The van der Waals surface area contributed by atoms with Gasteiger partial charge in [0.2, 0.25) is 12.7 Å². The molecule has 9 heteroatoms. The van der Waals surface area contributed by atoms with Crippen LogP contribution in [0.1, 0.15) is 12.6 Å². The smallest absolute Gasteiger partial charge is 0.311 e. The van der Waals surface area contributed by atoms with E-state index in [0.29, 0.717) is 29.5 Å². The molecule has 1 aromatic carbocycles. The first-order chi connectivity index (χ1) is 12.1. The van der Waals surface area contributed by atoms with Gasteiger partial charge >= 0.3 is 5.97 Å². The van der Waals surface area contributed by atoms with Crippen LogP contribution >= 0.6 is 23.1 Å². The van der Waals surface area contributed by atoms with Crippen LogP contribution in [-0.4, -0.2) is 36.0 Å². The zero-order valence-corrected chi connectivity index (χ0v) is 15.1. The number of nitrogens with zero attached hydrogens (tertiary/aromatic N) is 1. The van der Waals surface area contributed by atoms with Gasteiger partial charge < -0.3 is 19.5 Å². The lowest BCUT2D eigenvalue weighted by Gasteiger charge is -2.05. The number of anilines is 1. The number of aromatic nitrogens is 1. The number of hydrogen-bond donors (Lipinski definition) is 1. The minimum absolute atomic E-state index is 0.147. The average Bonchev–Trinajstić information content (AvgIpc) is 3.21. The van der Waals surface area contributed by atoms with Crippen LogP contribution in [0.4, 0.5) is 5.69 Å². The fraction of sp³-hybridized carbons (Fsp3) is 0.312. The van der Waals surface area contributed by atoms with Gasteiger partial charge in [0.1, 0.15) is 0 Å². The summed E-state index contributed by atoms with van der Waals surface area (Å²) < 4.78 is 16.1. The first-order valence-electron chi connectivity index (χ1n) is 7.56. The lowest BCUT2D eigenvalue weighted by atomic mass is 10.3. The van der Waals surface area contributed by atoms with Crippen LogP contribution in [0, 0.1) is 0 Å². The van der Waals surface area contributed by atoms with Gasteiger partial charge in [-0.15, -0.1) is 11.3 Å². The molecule has 0 spiro atoms. The van der Waals surface area contributed by atoms with Gasteiger partial charge in [-0.1, -0.05) is 11.8 Å². The zero-order valence-electron chi connectivity index (χ0n) is 13.4. The highest BCUT2D eigenvalue weighted by molar-refractivity contribution is 8.01. The van der Waals surface area contributed by atoms with Crippen LogP contribution in [0.3, 0.4) is 0 Å². The molecular weight excluding hydrogens is 364 g/mol. The Morgan fingerprint density at radius 3 is 3.04 bits per heavy atom. The van der Waals surface area contributed by atoms with Crippen molar-refractivity contribution in [2.45, 2.75) is 17.7 Å². The molecule has 0 atom stereocenters. The first kappa shape index (κ1) is 17.6. The van der Waals surface area contributed by atoms with E-state index in [4.69, 9.17) is 14.2 Å². The van der Waals surface area contributed by atoms with E-state index < -0.39 is 0 Å². The molecule has 0 unspecified atom stereocenters. The maximum absolute atomic E-state index is 12.1. The van der Waals surface area contributed by atoms with Crippen molar-refractivity contribution in [3.63, 3.8) is 0 Å². The Morgan fingerprint density at radius 1 is 1.36 bits per heavy atom. The molecule has 0 saturated carbocycles. The molecule has 0 fully saturated rings. The number of carbonyl (C=O) groups is 2. The maximum atomic E-state index is 12.1. The summed E-state index contributed by atoms with van der Waals surface area (Å²) in [4.78, 5) is 27.8. The lowest BCUT2D eigenvalue weighted by Crippen LogP contribution is -2.13. The fourth-order valence-corrected chi connectivity index (χ4v) is 3.74. The molecule has 0 aliphatic carbocycles. The number of benzene rings is 1. The van der Waals surface area contributed by atoms with E-state index in [9.17, 15) is 9.59 Å². The topological polar surface area (TPSA) is 86.8 Å². The van der Waals surface area contributed by atoms with E-state index in [-0.39, 0.29) is 30.8 Å². The maximum Gasteiger partial charge on any atom is 0.311 e. The summed E-state index contributed by atoms with van der Waals surface area (Å²) >= 11 is 2.72. The van der Waals surface area contributed by atoms with Crippen molar-refractivity contribution in [2.24, 2.45) is 0 Å². The second kappa shape index (κ2) is 8.21. The fourth-order valence-electron chi connectivity index (χ4n) is 2.09. The van der Waals surface area contributed by atoms with Crippen LogP contribution in [-0.2, 0) is 20.7 Å². The number of esters is 1. The number of thiazole rings is 1. The number of rotatable bonds is 7. The van der Waals surface area contributed by atoms with E-state index in [1.54, 1.807) is 30.5 Å². The van der Waals surface area contributed by atoms with Crippen molar-refractivity contribution in [1.29, 1.82) is 0 Å². The molecular formula is C16H16N2O5S2. The highest BCUT2D eigenvalue weighted by atomic mass is 32.2. The minimum atomic E-state index is -0.301. The van der Waals surface area contributed by atoms with Crippen LogP contribution in [0.15, 0.2) is 27.9 Å². The Morgan fingerprint density at radius 2 is 2.20 bits per heavy atom. The summed E-state index contributed by atoms with van der Waals surface area (Å²) in [7, 11) is 0. The molecule has 25 heavy (non-hydrogen) atoms. The third kappa shape index (κ3) is 4.86. The number of fused-ring (bicyclic) bond motifs is 1. The van der Waals surface area contributed by atoms with Crippen molar-refractivity contribution in [2.75, 3.05) is 24.5 Å². The zero-order chi connectivity index (χ0) is 17.6. The Kier molecular flexibility index (Phi) is 5.77. The Labute approximate surface area is 152 Å². The Hall–Kier alpha value is -2.26. The predicted octanol–water partition coefficient (Wildman–Crippen LogP) is 2.71. The molecule has 0 bridgehead atoms. The Balaban J connectivity index is 1.47. The second-order valence-corrected chi connectivity index (χ2v) is 7.07. The monoisotopic (exact) mass is 380 g/mol. The third-order valence-corrected chi connectivity index (χ3v) is 5.21. The molecule has 1 N–H and O–H groups in total. The summed E-state index contributed by atoms with van der Waals surface area (Å²) in [5.41, 5.74) is 1.30. The number of carbonyl (C=O) groups excluding carboxylic acids is 2. The highest BCUT2D eigenvalue weighted by Gasteiger charge is 2.15. The van der Waals surface area contributed by atoms with Gasteiger partial charge in [-0.05, 0) is 19.1 Å². The summed E-state index contributed by atoms with van der Waals surface area (Å²) in [6.07, 6.45) is 0.147. The van der Waals surface area contributed by atoms with Gasteiger partial charge in [-0.3, -0.25) is 9.59 Å². The van der Waals surface area contributed by atoms with Crippen molar-refractivity contribution >= 4 is 40.7 Å². The van der Waals surface area contributed by atoms with Gasteiger partial charge in [0.05, 0.1) is 24.5 Å². The van der Waals surface area contributed by atoms with E-state index in [1.807, 2.05) is 0 Å². The normalized spacial score (nSPS) is 12.0. The van der Waals surface area contributed by atoms with Crippen LogP contribution in [0.25, 0.3) is 0 Å². The summed E-state index contributed by atoms with van der Waals surface area (Å²) in [6.45, 7) is 2.31. The SMILES string of the molecule is CCOC(=O)Cc1csc(SCC(=O)Nc2ccc3c(c2)OCO3)n1. The molecule has 1 aliphatic rings. The molecule has 0 saturated heterocycles. The minimum Gasteiger partial charge on any atom is -0.466 e. The molecule has 1 aliphatic heterocycles. The molecule has 2 heterocycles. The van der Waals surface area contributed by atoms with E-state index in [2.05, 4.69) is 10.3 Å². The molecule has 1 aromatic heterocycles. The van der Waals surface area contributed by atoms with Crippen molar-refractivity contribution in [3.05, 3.63) is 29.3 Å². The standard InChI is InChI=1S/C16H16N2O5S2/c1-2-21-15(20)6-11-7-24-16(18-11)25-8-14(19)17-10-3-4-12-13(5-10)23-9-22-12/h3-5,7H,2,6,8-9H2,1H3,(H,17,19). The van der Waals surface area contributed by atoms with Gasteiger partial charge in [-0.25, -0.2) is 4.98 Å². The van der Waals surface area contributed by atoms with Crippen LogP contribution < -0.4 is 14.8 Å². The van der Waals surface area contributed by atoms with Gasteiger partial charge in [0.15, 0.2) is 15.8 Å². The van der Waals surface area contributed by atoms with Gasteiger partial charge in [0, 0.05) is 17.1 Å². The summed E-state index contributed by atoms with van der Waals surface area (Å²) in [5.74, 6) is 1.06. The number of nitrogens with one attached hydrogen (secondary N) is 1. The van der Waals surface area contributed by atoms with E-state index in [0.717, 1.165) is 4.34 Å². The van der Waals surface area contributed by atoms with Gasteiger partial charge in [-0.2, -0.15) is 0 Å².